The fraction of sp³-hybridized carbons (Fsp3) is 0.500. The van der Waals surface area contributed by atoms with Crippen molar-refractivity contribution in [3.05, 3.63) is 35.6 Å². The predicted molar refractivity (Wildman–Crippen MR) is 66.8 cm³/mol. The lowest BCUT2D eigenvalue weighted by atomic mass is 9.94. The van der Waals surface area contributed by atoms with E-state index in [-0.39, 0.29) is 0 Å². The number of hydrogen-bond acceptors (Lipinski definition) is 2. The maximum atomic E-state index is 14.1. The molecular formula is C14H15F3N2O. The van der Waals surface area contributed by atoms with E-state index in [0.29, 0.717) is 19.4 Å². The van der Waals surface area contributed by atoms with Gasteiger partial charge in [0.15, 0.2) is 0 Å². The number of rotatable bonds is 3. The predicted octanol–water partition coefficient (Wildman–Crippen LogP) is 1.88. The van der Waals surface area contributed by atoms with Crippen molar-refractivity contribution in [1.29, 1.82) is 0 Å². The highest BCUT2D eigenvalue weighted by Gasteiger charge is 2.50. The summed E-state index contributed by atoms with van der Waals surface area (Å²) >= 11 is 0. The quantitative estimate of drug-likeness (QED) is 0.919. The van der Waals surface area contributed by atoms with Crippen LogP contribution in [0.25, 0.3) is 0 Å². The number of benzene rings is 1. The highest BCUT2D eigenvalue weighted by Crippen LogP contribution is 2.35. The average molecular weight is 284 g/mol. The molecule has 20 heavy (non-hydrogen) atoms. The molecule has 3 nitrogen and oxygen atoms in total. The molecule has 2 heterocycles. The number of halogens is 3. The van der Waals surface area contributed by atoms with Crippen LogP contribution in [-0.2, 0) is 10.7 Å². The van der Waals surface area contributed by atoms with Crippen molar-refractivity contribution in [3.63, 3.8) is 0 Å². The Bertz CT molecular complexity index is 539. The summed E-state index contributed by atoms with van der Waals surface area (Å²) in [6, 6.07) is 4.49. The number of nitrogens with one attached hydrogen (secondary N) is 1. The second-order valence-electron chi connectivity index (χ2n) is 5.56. The number of fused-ring (bicyclic) bond motifs is 2. The molecule has 108 valence electrons. The monoisotopic (exact) mass is 284 g/mol. The van der Waals surface area contributed by atoms with Crippen molar-refractivity contribution < 1.29 is 18.0 Å². The molecule has 1 amide bonds. The molecule has 0 atom stereocenters. The average Bonchev–Trinajstić information content (AvgIpc) is 2.99. The summed E-state index contributed by atoms with van der Waals surface area (Å²) in [6.07, 6.45) is 1.35. The van der Waals surface area contributed by atoms with Crippen LogP contribution in [0.2, 0.25) is 0 Å². The smallest absolute Gasteiger partial charge is 0.344 e. The van der Waals surface area contributed by atoms with E-state index >= 15 is 0 Å². The Morgan fingerprint density at radius 3 is 2.45 bits per heavy atom. The van der Waals surface area contributed by atoms with Gasteiger partial charge in [-0.15, -0.1) is 0 Å². The van der Waals surface area contributed by atoms with Gasteiger partial charge in [-0.25, -0.2) is 4.39 Å². The van der Waals surface area contributed by atoms with E-state index in [0.717, 1.165) is 25.2 Å². The van der Waals surface area contributed by atoms with Crippen LogP contribution in [0.3, 0.4) is 0 Å². The highest BCUT2D eigenvalue weighted by molar-refractivity contribution is 5.85. The second kappa shape index (κ2) is 4.48. The van der Waals surface area contributed by atoms with Gasteiger partial charge in [0.25, 0.3) is 5.91 Å². The van der Waals surface area contributed by atoms with Crippen molar-refractivity contribution in [2.24, 2.45) is 0 Å². The van der Waals surface area contributed by atoms with Crippen LogP contribution in [0.4, 0.5) is 13.2 Å². The van der Waals surface area contributed by atoms with Gasteiger partial charge in [0.05, 0.1) is 11.1 Å². The summed E-state index contributed by atoms with van der Waals surface area (Å²) in [6.45, 7) is 2.23. The lowest BCUT2D eigenvalue weighted by Crippen LogP contribution is -2.52. The van der Waals surface area contributed by atoms with Gasteiger partial charge in [-0.05, 0) is 25.0 Å². The first-order chi connectivity index (χ1) is 9.43. The summed E-state index contributed by atoms with van der Waals surface area (Å²) in [5, 5.41) is 2.45. The summed E-state index contributed by atoms with van der Waals surface area (Å²) in [5.74, 6) is -6.33. The molecule has 1 N–H and O–H groups in total. The molecule has 2 fully saturated rings. The Kier molecular flexibility index (Phi) is 3.01. The summed E-state index contributed by atoms with van der Waals surface area (Å²) < 4.78 is 41.7. The van der Waals surface area contributed by atoms with Gasteiger partial charge < -0.3 is 10.2 Å². The minimum atomic E-state index is -3.85. The molecule has 0 spiro atoms. The van der Waals surface area contributed by atoms with Gasteiger partial charge in [-0.1, -0.05) is 12.1 Å². The third-order valence-electron chi connectivity index (χ3n) is 4.22. The van der Waals surface area contributed by atoms with E-state index in [1.54, 1.807) is 0 Å². The summed E-state index contributed by atoms with van der Waals surface area (Å²) in [7, 11) is 0. The number of hydrogen-bond donors (Lipinski definition) is 1. The number of nitrogens with zero attached hydrogens (tertiary/aromatic N) is 1. The number of carbonyl (C=O) groups is 1. The van der Waals surface area contributed by atoms with Gasteiger partial charge in [-0.2, -0.15) is 8.78 Å². The molecule has 0 unspecified atom stereocenters. The first kappa shape index (κ1) is 13.4. The summed E-state index contributed by atoms with van der Waals surface area (Å²) in [5.41, 5.74) is -1.44. The van der Waals surface area contributed by atoms with Crippen LogP contribution in [0.5, 0.6) is 0 Å². The van der Waals surface area contributed by atoms with Crippen LogP contribution in [0, 0.1) is 5.82 Å². The van der Waals surface area contributed by atoms with Gasteiger partial charge >= 0.3 is 5.92 Å². The number of alkyl halides is 2. The van der Waals surface area contributed by atoms with Crippen molar-refractivity contribution in [3.8, 4) is 0 Å². The van der Waals surface area contributed by atoms with Crippen molar-refractivity contribution in [2.45, 2.75) is 24.3 Å². The zero-order valence-corrected chi connectivity index (χ0v) is 10.8. The van der Waals surface area contributed by atoms with E-state index in [1.807, 2.05) is 0 Å². The molecule has 1 aromatic carbocycles. The minimum Gasteiger partial charge on any atom is -0.344 e. The first-order valence-corrected chi connectivity index (χ1v) is 6.61. The molecule has 0 aromatic heterocycles. The SMILES string of the molecule is O=C(NC12CCN(CC1)C2)C(F)(F)c1ccccc1F. The Labute approximate surface area is 114 Å². The number of piperidine rings is 1. The third-order valence-corrected chi connectivity index (χ3v) is 4.22. The molecule has 3 rings (SSSR count). The fourth-order valence-electron chi connectivity index (χ4n) is 3.05. The van der Waals surface area contributed by atoms with Gasteiger partial charge in [-0.3, -0.25) is 4.79 Å². The van der Waals surface area contributed by atoms with Gasteiger partial charge in [0.1, 0.15) is 5.82 Å². The van der Waals surface area contributed by atoms with E-state index in [9.17, 15) is 18.0 Å². The Morgan fingerprint density at radius 2 is 1.90 bits per heavy atom. The van der Waals surface area contributed by atoms with Crippen molar-refractivity contribution >= 4 is 5.91 Å². The number of carbonyl (C=O) groups excluding carboxylic acids is 1. The zero-order chi connectivity index (χ0) is 14.4. The molecule has 2 saturated heterocycles. The zero-order valence-electron chi connectivity index (χ0n) is 10.8. The van der Waals surface area contributed by atoms with E-state index in [2.05, 4.69) is 10.2 Å². The van der Waals surface area contributed by atoms with Crippen LogP contribution < -0.4 is 5.32 Å². The first-order valence-electron chi connectivity index (χ1n) is 6.61. The van der Waals surface area contributed by atoms with E-state index < -0.39 is 28.7 Å². The maximum Gasteiger partial charge on any atom is 0.352 e. The molecule has 0 aliphatic carbocycles. The molecule has 2 aliphatic heterocycles. The largest absolute Gasteiger partial charge is 0.352 e. The van der Waals surface area contributed by atoms with Gasteiger partial charge in [0, 0.05) is 19.6 Å². The molecule has 2 aliphatic rings. The maximum absolute atomic E-state index is 14.1. The van der Waals surface area contributed by atoms with Crippen LogP contribution >= 0.6 is 0 Å². The molecule has 0 saturated carbocycles. The summed E-state index contributed by atoms with van der Waals surface area (Å²) in [4.78, 5) is 14.0. The molecule has 0 radical (unpaired) electrons. The van der Waals surface area contributed by atoms with Crippen LogP contribution in [0.1, 0.15) is 18.4 Å². The van der Waals surface area contributed by atoms with Gasteiger partial charge in [0.2, 0.25) is 0 Å². The highest BCUT2D eigenvalue weighted by atomic mass is 19.3. The number of amides is 1. The normalized spacial score (nSPS) is 28.6. The molecule has 1 aromatic rings. The van der Waals surface area contributed by atoms with Crippen LogP contribution in [-0.4, -0.2) is 36.0 Å². The van der Waals surface area contributed by atoms with Crippen molar-refractivity contribution in [1.82, 2.24) is 10.2 Å². The Morgan fingerprint density at radius 1 is 1.25 bits per heavy atom. The third kappa shape index (κ3) is 2.08. The molecule has 6 heteroatoms. The standard InChI is InChI=1S/C14H15F3N2O/c15-11-4-2-1-3-10(11)14(16,17)12(20)18-13-5-7-19(9-13)8-6-13/h1-4H,5-9H2,(H,18,20). The molecular weight excluding hydrogens is 269 g/mol. The topological polar surface area (TPSA) is 32.3 Å². The lowest BCUT2D eigenvalue weighted by Gasteiger charge is -2.29. The Hall–Kier alpha value is -1.56. The minimum absolute atomic E-state index is 0.564. The lowest BCUT2D eigenvalue weighted by molar-refractivity contribution is -0.149. The van der Waals surface area contributed by atoms with E-state index in [1.165, 1.54) is 12.1 Å². The molecule has 2 bridgehead atoms. The fourth-order valence-corrected chi connectivity index (χ4v) is 3.05. The van der Waals surface area contributed by atoms with E-state index in [4.69, 9.17) is 0 Å². The second-order valence-corrected chi connectivity index (χ2v) is 5.56. The van der Waals surface area contributed by atoms with Crippen LogP contribution in [0.15, 0.2) is 24.3 Å². The Balaban J connectivity index is 1.81. The van der Waals surface area contributed by atoms with Crippen molar-refractivity contribution in [2.75, 3.05) is 19.6 Å².